The van der Waals surface area contributed by atoms with E-state index < -0.39 is 0 Å². The van der Waals surface area contributed by atoms with Gasteiger partial charge in [0.25, 0.3) is 5.91 Å². The number of rotatable bonds is 5. The highest BCUT2D eigenvalue weighted by atomic mass is 35.5. The number of nitrogens with zero attached hydrogens (tertiary/aromatic N) is 1. The molecule has 2 rings (SSSR count). The Kier molecular flexibility index (Phi) is 5.81. The molecule has 0 aliphatic carbocycles. The van der Waals surface area contributed by atoms with Gasteiger partial charge < -0.3 is 4.74 Å². The predicted octanol–water partition coefficient (Wildman–Crippen LogP) is 3.91. The topological polar surface area (TPSA) is 50.7 Å². The first-order valence-electron chi connectivity index (χ1n) is 6.52. The van der Waals surface area contributed by atoms with Crippen LogP contribution in [0.15, 0.2) is 53.6 Å². The van der Waals surface area contributed by atoms with Crippen molar-refractivity contribution in [2.45, 2.75) is 6.92 Å². The zero-order chi connectivity index (χ0) is 15.9. The molecule has 0 fully saturated rings. The number of hydrazone groups is 1. The van der Waals surface area contributed by atoms with E-state index in [4.69, 9.17) is 27.9 Å². The summed E-state index contributed by atoms with van der Waals surface area (Å²) in [5.74, 6) is 0.223. The molecule has 114 valence electrons. The van der Waals surface area contributed by atoms with Crippen molar-refractivity contribution in [3.8, 4) is 5.75 Å². The van der Waals surface area contributed by atoms with Gasteiger partial charge in [0.2, 0.25) is 0 Å². The van der Waals surface area contributed by atoms with E-state index in [-0.39, 0.29) is 12.5 Å². The number of hydrogen-bond donors (Lipinski definition) is 1. The third-order valence-corrected chi connectivity index (χ3v) is 3.30. The fraction of sp³-hybridized carbons (Fsp3) is 0.125. The van der Waals surface area contributed by atoms with Gasteiger partial charge >= 0.3 is 0 Å². The first-order valence-corrected chi connectivity index (χ1v) is 7.27. The van der Waals surface area contributed by atoms with E-state index >= 15 is 0 Å². The Morgan fingerprint density at radius 3 is 2.18 bits per heavy atom. The second-order valence-corrected chi connectivity index (χ2v) is 5.35. The van der Waals surface area contributed by atoms with Gasteiger partial charge in [-0.3, -0.25) is 4.79 Å². The van der Waals surface area contributed by atoms with Gasteiger partial charge in [-0.15, -0.1) is 0 Å². The molecular formula is C16H14Cl2N2O2. The molecule has 0 aromatic heterocycles. The van der Waals surface area contributed by atoms with E-state index in [2.05, 4.69) is 10.5 Å². The SMILES string of the molecule is CC(=NNC(=O)COc1ccc(Cl)cc1)c1ccc(Cl)cc1. The maximum Gasteiger partial charge on any atom is 0.277 e. The van der Waals surface area contributed by atoms with Crippen LogP contribution in [0.1, 0.15) is 12.5 Å². The van der Waals surface area contributed by atoms with Crippen molar-refractivity contribution in [3.05, 3.63) is 64.1 Å². The number of carbonyl (C=O) groups excluding carboxylic acids is 1. The number of carbonyl (C=O) groups is 1. The minimum atomic E-state index is -0.344. The largest absolute Gasteiger partial charge is 0.484 e. The highest BCUT2D eigenvalue weighted by Crippen LogP contribution is 2.15. The van der Waals surface area contributed by atoms with Gasteiger partial charge in [-0.1, -0.05) is 35.3 Å². The number of halogens is 2. The van der Waals surface area contributed by atoms with Crippen LogP contribution in [-0.2, 0) is 4.79 Å². The fourth-order valence-electron chi connectivity index (χ4n) is 1.61. The van der Waals surface area contributed by atoms with Gasteiger partial charge in [-0.2, -0.15) is 5.10 Å². The third kappa shape index (κ3) is 5.06. The summed E-state index contributed by atoms with van der Waals surface area (Å²) in [7, 11) is 0. The van der Waals surface area contributed by atoms with Crippen LogP contribution in [0.5, 0.6) is 5.75 Å². The molecule has 0 unspecified atom stereocenters. The molecule has 0 saturated carbocycles. The van der Waals surface area contributed by atoms with Gasteiger partial charge in [0.15, 0.2) is 6.61 Å². The molecule has 1 amide bonds. The minimum Gasteiger partial charge on any atom is -0.484 e. The quantitative estimate of drug-likeness (QED) is 0.664. The van der Waals surface area contributed by atoms with Gasteiger partial charge in [0.1, 0.15) is 5.75 Å². The Bertz CT molecular complexity index is 668. The number of nitrogens with one attached hydrogen (secondary N) is 1. The molecule has 0 aliphatic heterocycles. The maximum atomic E-state index is 11.7. The Morgan fingerprint density at radius 2 is 1.59 bits per heavy atom. The van der Waals surface area contributed by atoms with E-state index in [0.29, 0.717) is 21.5 Å². The normalized spacial score (nSPS) is 11.1. The molecule has 4 nitrogen and oxygen atoms in total. The van der Waals surface area contributed by atoms with Crippen LogP contribution >= 0.6 is 23.2 Å². The summed E-state index contributed by atoms with van der Waals surface area (Å²) >= 11 is 11.6. The molecular weight excluding hydrogens is 323 g/mol. The smallest absolute Gasteiger partial charge is 0.277 e. The molecule has 0 heterocycles. The van der Waals surface area contributed by atoms with Crippen LogP contribution in [0.25, 0.3) is 0 Å². The molecule has 0 bridgehead atoms. The van der Waals surface area contributed by atoms with Gasteiger partial charge in [-0.25, -0.2) is 5.43 Å². The zero-order valence-corrected chi connectivity index (χ0v) is 13.4. The summed E-state index contributed by atoms with van der Waals surface area (Å²) in [6, 6.07) is 14.0. The second-order valence-electron chi connectivity index (χ2n) is 4.48. The summed E-state index contributed by atoms with van der Waals surface area (Å²) in [6.07, 6.45) is 0. The van der Waals surface area contributed by atoms with Crippen molar-refractivity contribution in [3.63, 3.8) is 0 Å². The monoisotopic (exact) mass is 336 g/mol. The lowest BCUT2D eigenvalue weighted by Gasteiger charge is -2.06. The van der Waals surface area contributed by atoms with Gasteiger partial charge in [0.05, 0.1) is 5.71 Å². The van der Waals surface area contributed by atoms with Crippen LogP contribution in [0.3, 0.4) is 0 Å². The standard InChI is InChI=1S/C16H14Cl2N2O2/c1-11(12-2-4-13(17)5-3-12)19-20-16(21)10-22-15-8-6-14(18)7-9-15/h2-9H,10H2,1H3,(H,20,21). The van der Waals surface area contributed by atoms with Crippen molar-refractivity contribution in [1.82, 2.24) is 5.43 Å². The van der Waals surface area contributed by atoms with Crippen LogP contribution < -0.4 is 10.2 Å². The lowest BCUT2D eigenvalue weighted by molar-refractivity contribution is -0.123. The Balaban J connectivity index is 1.85. The highest BCUT2D eigenvalue weighted by Gasteiger charge is 2.03. The minimum absolute atomic E-state index is 0.126. The Hall–Kier alpha value is -2.04. The zero-order valence-electron chi connectivity index (χ0n) is 11.8. The Morgan fingerprint density at radius 1 is 1.05 bits per heavy atom. The van der Waals surface area contributed by atoms with Crippen molar-refractivity contribution in [2.75, 3.05) is 6.61 Å². The van der Waals surface area contributed by atoms with E-state index in [0.717, 1.165) is 5.56 Å². The number of hydrogen-bond acceptors (Lipinski definition) is 3. The number of amides is 1. The summed E-state index contributed by atoms with van der Waals surface area (Å²) in [6.45, 7) is 1.67. The summed E-state index contributed by atoms with van der Waals surface area (Å²) in [4.78, 5) is 11.7. The summed E-state index contributed by atoms with van der Waals surface area (Å²) < 4.78 is 5.32. The van der Waals surface area contributed by atoms with Crippen molar-refractivity contribution in [2.24, 2.45) is 5.10 Å². The first-order chi connectivity index (χ1) is 10.5. The van der Waals surface area contributed by atoms with Crippen molar-refractivity contribution in [1.29, 1.82) is 0 Å². The Labute approximate surface area is 138 Å². The van der Waals surface area contributed by atoms with E-state index in [9.17, 15) is 4.79 Å². The number of benzene rings is 2. The molecule has 0 aliphatic rings. The van der Waals surface area contributed by atoms with Crippen LogP contribution in [0.4, 0.5) is 0 Å². The van der Waals surface area contributed by atoms with Crippen LogP contribution in [-0.4, -0.2) is 18.2 Å². The fourth-order valence-corrected chi connectivity index (χ4v) is 1.87. The van der Waals surface area contributed by atoms with Gasteiger partial charge in [0, 0.05) is 10.0 Å². The average Bonchev–Trinajstić information content (AvgIpc) is 2.52. The summed E-state index contributed by atoms with van der Waals surface area (Å²) in [5.41, 5.74) is 4.00. The maximum absolute atomic E-state index is 11.7. The van der Waals surface area contributed by atoms with E-state index in [1.54, 1.807) is 43.3 Å². The molecule has 0 atom stereocenters. The average molecular weight is 337 g/mol. The molecule has 2 aromatic rings. The summed E-state index contributed by atoms with van der Waals surface area (Å²) in [5, 5.41) is 5.28. The predicted molar refractivity (Wildman–Crippen MR) is 88.8 cm³/mol. The van der Waals surface area contributed by atoms with E-state index in [1.807, 2.05) is 12.1 Å². The van der Waals surface area contributed by atoms with Gasteiger partial charge in [-0.05, 0) is 48.9 Å². The molecule has 0 saturated heterocycles. The molecule has 0 spiro atoms. The highest BCUT2D eigenvalue weighted by molar-refractivity contribution is 6.30. The molecule has 2 aromatic carbocycles. The van der Waals surface area contributed by atoms with Crippen molar-refractivity contribution >= 4 is 34.8 Å². The number of ether oxygens (including phenoxy) is 1. The van der Waals surface area contributed by atoms with Crippen molar-refractivity contribution < 1.29 is 9.53 Å². The molecule has 6 heteroatoms. The lowest BCUT2D eigenvalue weighted by atomic mass is 10.1. The first kappa shape index (κ1) is 16.3. The molecule has 22 heavy (non-hydrogen) atoms. The molecule has 1 N–H and O–H groups in total. The lowest BCUT2D eigenvalue weighted by Crippen LogP contribution is -2.25. The van der Waals surface area contributed by atoms with E-state index in [1.165, 1.54) is 0 Å². The second kappa shape index (κ2) is 7.82. The molecule has 0 radical (unpaired) electrons. The van der Waals surface area contributed by atoms with Crippen LogP contribution in [0.2, 0.25) is 10.0 Å². The third-order valence-electron chi connectivity index (χ3n) is 2.79. The van der Waals surface area contributed by atoms with Crippen LogP contribution in [0, 0.1) is 0 Å².